The quantitative estimate of drug-likeness (QED) is 0.162. The molecule has 2 fully saturated rings. The fourth-order valence-electron chi connectivity index (χ4n) is 3.90. The summed E-state index contributed by atoms with van der Waals surface area (Å²) < 4.78 is 31.9. The molecule has 0 bridgehead atoms. The van der Waals surface area contributed by atoms with Crippen molar-refractivity contribution < 1.29 is 52.9 Å². The fraction of sp³-hybridized carbons (Fsp3) is 0.895. The van der Waals surface area contributed by atoms with Crippen molar-refractivity contribution in [2.45, 2.75) is 75.7 Å². The van der Waals surface area contributed by atoms with Gasteiger partial charge in [-0.1, -0.05) is 0 Å². The minimum atomic E-state index is -4.10. The first-order valence-electron chi connectivity index (χ1n) is 10.9. The molecule has 2 aliphatic heterocycles. The van der Waals surface area contributed by atoms with Crippen molar-refractivity contribution in [3.8, 4) is 0 Å². The minimum Gasteiger partial charge on any atom is -0.394 e. The fourth-order valence-corrected chi connectivity index (χ4v) is 4.37. The zero-order chi connectivity index (χ0) is 24.6. The second-order valence-electron chi connectivity index (χ2n) is 8.09. The molecule has 0 aromatic rings. The molecule has 2 aliphatic rings. The second-order valence-corrected chi connectivity index (χ2v) is 9.65. The van der Waals surface area contributed by atoms with Crippen LogP contribution in [0.5, 0.6) is 0 Å². The van der Waals surface area contributed by atoms with Gasteiger partial charge in [0.2, 0.25) is 11.8 Å². The van der Waals surface area contributed by atoms with Crippen LogP contribution in [0, 0.1) is 0 Å². The molecule has 7 atom stereocenters. The number of likely N-dealkylation sites (tertiary alicyclic amines) is 1. The standard InChI is InChI=1S/C19H35N2O11P/c1-12(23)20-16-18(26)17(25)14(10-22)32-19(16)30-9-4-3-7-15(24)21-8-5-6-13(21)11-31-33(27,28)29-2/h13-14,16-19,22,25-26H,3-11H2,1-2H3,(H,20,23)(H,27,28)/t13-,14?,16?,17-,18?,19+/m0/s1. The second kappa shape index (κ2) is 13.1. The molecule has 0 radical (unpaired) electrons. The Morgan fingerprint density at radius 3 is 2.61 bits per heavy atom. The average Bonchev–Trinajstić information content (AvgIpc) is 3.25. The maximum atomic E-state index is 12.6. The number of unbranched alkanes of at least 4 members (excludes halogenated alkanes) is 1. The molecule has 0 aliphatic carbocycles. The van der Waals surface area contributed by atoms with Crippen LogP contribution in [0.4, 0.5) is 0 Å². The number of aliphatic hydroxyl groups excluding tert-OH is 3. The monoisotopic (exact) mass is 498 g/mol. The summed E-state index contributed by atoms with van der Waals surface area (Å²) in [5, 5.41) is 32.1. The van der Waals surface area contributed by atoms with E-state index in [9.17, 15) is 34.4 Å². The molecule has 2 amide bonds. The summed E-state index contributed by atoms with van der Waals surface area (Å²) in [5.74, 6) is -0.543. The van der Waals surface area contributed by atoms with Crippen LogP contribution in [0.1, 0.15) is 39.0 Å². The van der Waals surface area contributed by atoms with Crippen molar-refractivity contribution in [2.24, 2.45) is 0 Å². The number of amides is 2. The molecule has 192 valence electrons. The summed E-state index contributed by atoms with van der Waals surface area (Å²) in [4.78, 5) is 35.0. The number of carbonyl (C=O) groups is 2. The Morgan fingerprint density at radius 2 is 1.97 bits per heavy atom. The van der Waals surface area contributed by atoms with E-state index < -0.39 is 51.0 Å². The van der Waals surface area contributed by atoms with E-state index in [1.54, 1.807) is 4.90 Å². The molecule has 2 saturated heterocycles. The topological polar surface area (TPSA) is 184 Å². The molecule has 2 heterocycles. The Labute approximate surface area is 192 Å². The lowest BCUT2D eigenvalue weighted by Gasteiger charge is -2.42. The number of carbonyl (C=O) groups excluding carboxylic acids is 2. The van der Waals surface area contributed by atoms with E-state index in [1.165, 1.54) is 6.92 Å². The normalized spacial score (nSPS) is 31.9. The Morgan fingerprint density at radius 1 is 1.24 bits per heavy atom. The van der Waals surface area contributed by atoms with Gasteiger partial charge >= 0.3 is 7.82 Å². The highest BCUT2D eigenvalue weighted by molar-refractivity contribution is 7.47. The number of hydrogen-bond acceptors (Lipinski definition) is 10. The minimum absolute atomic E-state index is 0.0831. The molecule has 0 spiro atoms. The number of rotatable bonds is 12. The molecule has 4 unspecified atom stereocenters. The predicted octanol–water partition coefficient (Wildman–Crippen LogP) is -1.13. The third kappa shape index (κ3) is 8.23. The molecule has 13 nitrogen and oxygen atoms in total. The summed E-state index contributed by atoms with van der Waals surface area (Å²) in [5.41, 5.74) is 0. The maximum Gasteiger partial charge on any atom is 0.471 e. The summed E-state index contributed by atoms with van der Waals surface area (Å²) in [6.45, 7) is 1.34. The number of nitrogens with zero attached hydrogens (tertiary/aromatic N) is 1. The highest BCUT2D eigenvalue weighted by atomic mass is 31.2. The maximum absolute atomic E-state index is 12.6. The van der Waals surface area contributed by atoms with E-state index >= 15 is 0 Å². The average molecular weight is 498 g/mol. The van der Waals surface area contributed by atoms with Gasteiger partial charge in [0.1, 0.15) is 24.4 Å². The zero-order valence-electron chi connectivity index (χ0n) is 18.9. The Balaban J connectivity index is 1.77. The van der Waals surface area contributed by atoms with Crippen molar-refractivity contribution >= 4 is 19.6 Å². The van der Waals surface area contributed by atoms with E-state index in [0.717, 1.165) is 13.5 Å². The van der Waals surface area contributed by atoms with Gasteiger partial charge in [0.05, 0.1) is 19.3 Å². The predicted molar refractivity (Wildman–Crippen MR) is 113 cm³/mol. The first-order valence-corrected chi connectivity index (χ1v) is 12.4. The number of hydrogen-bond donors (Lipinski definition) is 5. The molecule has 0 aromatic carbocycles. The Bertz CT molecular complexity index is 697. The zero-order valence-corrected chi connectivity index (χ0v) is 19.8. The van der Waals surface area contributed by atoms with Crippen LogP contribution >= 0.6 is 7.82 Å². The van der Waals surface area contributed by atoms with Crippen LogP contribution in [-0.4, -0.2) is 107 Å². The van der Waals surface area contributed by atoms with Crippen LogP contribution in [0.2, 0.25) is 0 Å². The van der Waals surface area contributed by atoms with Crippen molar-refractivity contribution in [1.29, 1.82) is 0 Å². The van der Waals surface area contributed by atoms with Crippen LogP contribution in [0.25, 0.3) is 0 Å². The van der Waals surface area contributed by atoms with Gasteiger partial charge in [0.15, 0.2) is 6.29 Å². The third-order valence-electron chi connectivity index (χ3n) is 5.68. The molecular weight excluding hydrogens is 463 g/mol. The van der Waals surface area contributed by atoms with Gasteiger partial charge in [0, 0.05) is 33.6 Å². The van der Waals surface area contributed by atoms with Gasteiger partial charge in [-0.2, -0.15) is 0 Å². The lowest BCUT2D eigenvalue weighted by Crippen LogP contribution is -2.64. The summed E-state index contributed by atoms with van der Waals surface area (Å²) in [6.07, 6.45) is -2.25. The molecule has 33 heavy (non-hydrogen) atoms. The molecule has 5 N–H and O–H groups in total. The van der Waals surface area contributed by atoms with Crippen LogP contribution in [0.15, 0.2) is 0 Å². The van der Waals surface area contributed by atoms with Gasteiger partial charge in [-0.25, -0.2) is 4.57 Å². The van der Waals surface area contributed by atoms with E-state index in [4.69, 9.17) is 14.0 Å². The number of phosphoric acid groups is 1. The van der Waals surface area contributed by atoms with Crippen LogP contribution < -0.4 is 5.32 Å². The third-order valence-corrected chi connectivity index (χ3v) is 6.61. The molecule has 0 aromatic heterocycles. The molecule has 14 heteroatoms. The SMILES string of the molecule is COP(=O)(O)OC[C@@H]1CCCN1C(=O)CCCCO[C@@H]1OC(CO)[C@H](O)C(O)C1NC(C)=O. The highest BCUT2D eigenvalue weighted by Gasteiger charge is 2.45. The van der Waals surface area contributed by atoms with Crippen molar-refractivity contribution in [2.75, 3.05) is 33.5 Å². The number of ether oxygens (including phenoxy) is 2. The van der Waals surface area contributed by atoms with Crippen molar-refractivity contribution in [3.05, 3.63) is 0 Å². The molecule has 0 saturated carbocycles. The van der Waals surface area contributed by atoms with Gasteiger partial charge in [0.25, 0.3) is 0 Å². The Hall–Kier alpha value is -1.15. The molecular formula is C19H35N2O11P. The number of aliphatic hydroxyl groups is 3. The lowest BCUT2D eigenvalue weighted by atomic mass is 9.97. The van der Waals surface area contributed by atoms with Crippen molar-refractivity contribution in [1.82, 2.24) is 10.2 Å². The van der Waals surface area contributed by atoms with Gasteiger partial charge in [-0.3, -0.25) is 18.6 Å². The Kier molecular flexibility index (Phi) is 11.1. The van der Waals surface area contributed by atoms with Crippen molar-refractivity contribution in [3.63, 3.8) is 0 Å². The van der Waals surface area contributed by atoms with Gasteiger partial charge < -0.3 is 39.9 Å². The van der Waals surface area contributed by atoms with E-state index in [0.29, 0.717) is 25.8 Å². The van der Waals surface area contributed by atoms with E-state index in [-0.39, 0.29) is 31.6 Å². The van der Waals surface area contributed by atoms with Gasteiger partial charge in [-0.05, 0) is 25.7 Å². The molecule has 2 rings (SSSR count). The first-order chi connectivity index (χ1) is 15.6. The first kappa shape index (κ1) is 28.1. The van der Waals surface area contributed by atoms with E-state index in [2.05, 4.69) is 9.84 Å². The smallest absolute Gasteiger partial charge is 0.394 e. The van der Waals surface area contributed by atoms with Crippen LogP contribution in [0.3, 0.4) is 0 Å². The largest absolute Gasteiger partial charge is 0.471 e. The lowest BCUT2D eigenvalue weighted by molar-refractivity contribution is -0.270. The summed E-state index contributed by atoms with van der Waals surface area (Å²) in [6, 6.07) is -1.30. The highest BCUT2D eigenvalue weighted by Crippen LogP contribution is 2.42. The van der Waals surface area contributed by atoms with Crippen LogP contribution in [-0.2, 0) is 32.7 Å². The summed E-state index contributed by atoms with van der Waals surface area (Å²) in [7, 11) is -3.02. The summed E-state index contributed by atoms with van der Waals surface area (Å²) >= 11 is 0. The number of phosphoric ester groups is 1. The number of nitrogens with one attached hydrogen (secondary N) is 1. The van der Waals surface area contributed by atoms with E-state index in [1.807, 2.05) is 0 Å². The van der Waals surface area contributed by atoms with Gasteiger partial charge in [-0.15, -0.1) is 0 Å².